The number of thiocarbonyl (C=S) groups is 1. The lowest BCUT2D eigenvalue weighted by Crippen LogP contribution is -2.20. The molecule has 0 fully saturated rings. The molecular weight excluding hydrogens is 300 g/mol. The molecule has 2 aromatic rings. The molecule has 0 saturated carbocycles. The highest BCUT2D eigenvalue weighted by molar-refractivity contribution is 7.80. The minimum Gasteiger partial charge on any atom is -0.497 e. The third-order valence-electron chi connectivity index (χ3n) is 2.93. The van der Waals surface area contributed by atoms with Gasteiger partial charge >= 0.3 is 5.97 Å². The molecule has 0 radical (unpaired) electrons. The maximum atomic E-state index is 11.7. The van der Waals surface area contributed by atoms with Gasteiger partial charge in [0.25, 0.3) is 0 Å². The fraction of sp³-hybridized carbons (Fsp3) is 0.125. The van der Waals surface area contributed by atoms with Crippen LogP contribution < -0.4 is 15.4 Å². The van der Waals surface area contributed by atoms with E-state index in [1.54, 1.807) is 25.3 Å². The molecule has 0 unspecified atom stereocenters. The molecule has 0 bridgehead atoms. The first-order chi connectivity index (χ1) is 10.6. The number of benzene rings is 2. The molecule has 0 heterocycles. The van der Waals surface area contributed by atoms with Gasteiger partial charge in [-0.1, -0.05) is 12.1 Å². The zero-order valence-electron chi connectivity index (χ0n) is 12.3. The Morgan fingerprint density at radius 1 is 1.00 bits per heavy atom. The summed E-state index contributed by atoms with van der Waals surface area (Å²) in [5, 5.41) is 6.41. The van der Waals surface area contributed by atoms with E-state index in [-0.39, 0.29) is 0 Å². The molecule has 2 N–H and O–H groups in total. The minimum absolute atomic E-state index is 0.376. The van der Waals surface area contributed by atoms with Gasteiger partial charge in [-0.05, 0) is 48.6 Å². The van der Waals surface area contributed by atoms with E-state index in [0.29, 0.717) is 16.4 Å². The predicted molar refractivity (Wildman–Crippen MR) is 90.6 cm³/mol. The van der Waals surface area contributed by atoms with E-state index in [2.05, 4.69) is 10.6 Å². The Morgan fingerprint density at radius 2 is 1.68 bits per heavy atom. The maximum absolute atomic E-state index is 11.7. The third kappa shape index (κ3) is 3.95. The molecule has 0 atom stereocenters. The third-order valence-corrected chi connectivity index (χ3v) is 3.13. The Bertz CT molecular complexity index is 671. The average Bonchev–Trinajstić information content (AvgIpc) is 2.55. The Hall–Kier alpha value is -2.60. The second-order valence-corrected chi connectivity index (χ2v) is 4.75. The van der Waals surface area contributed by atoms with Crippen LogP contribution >= 0.6 is 12.2 Å². The number of carbonyl (C=O) groups excluding carboxylic acids is 1. The van der Waals surface area contributed by atoms with Gasteiger partial charge in [0.1, 0.15) is 5.75 Å². The summed E-state index contributed by atoms with van der Waals surface area (Å²) in [7, 11) is 2.95. The van der Waals surface area contributed by atoms with E-state index >= 15 is 0 Å². The van der Waals surface area contributed by atoms with Gasteiger partial charge in [-0.2, -0.15) is 0 Å². The van der Waals surface area contributed by atoms with Crippen molar-refractivity contribution in [3.8, 4) is 5.75 Å². The molecule has 6 heteroatoms. The highest BCUT2D eigenvalue weighted by Gasteiger charge is 2.11. The van der Waals surface area contributed by atoms with Crippen LogP contribution in [0.15, 0.2) is 48.5 Å². The van der Waals surface area contributed by atoms with Crippen LogP contribution in [0.25, 0.3) is 0 Å². The Balaban J connectivity index is 2.07. The number of ether oxygens (including phenoxy) is 2. The fourth-order valence-corrected chi connectivity index (χ4v) is 2.07. The number of hydrogen-bond donors (Lipinski definition) is 2. The molecule has 0 saturated heterocycles. The molecule has 22 heavy (non-hydrogen) atoms. The van der Waals surface area contributed by atoms with Gasteiger partial charge in [0.05, 0.1) is 25.5 Å². The van der Waals surface area contributed by atoms with Gasteiger partial charge in [-0.3, -0.25) is 0 Å². The lowest BCUT2D eigenvalue weighted by molar-refractivity contribution is 0.0602. The quantitative estimate of drug-likeness (QED) is 0.667. The summed E-state index contributed by atoms with van der Waals surface area (Å²) in [5.41, 5.74) is 1.82. The molecule has 5 nitrogen and oxygen atoms in total. The SMILES string of the molecule is COC(=O)c1ccccc1NC(=S)Nc1ccc(OC)cc1. The molecule has 0 spiro atoms. The van der Waals surface area contributed by atoms with Gasteiger partial charge in [-0.15, -0.1) is 0 Å². The van der Waals surface area contributed by atoms with E-state index in [9.17, 15) is 4.79 Å². The zero-order valence-corrected chi connectivity index (χ0v) is 13.1. The van der Waals surface area contributed by atoms with Crippen molar-refractivity contribution in [3.63, 3.8) is 0 Å². The van der Waals surface area contributed by atoms with Crippen molar-refractivity contribution in [1.82, 2.24) is 0 Å². The van der Waals surface area contributed by atoms with Crippen LogP contribution in [-0.2, 0) is 4.74 Å². The van der Waals surface area contributed by atoms with E-state index < -0.39 is 5.97 Å². The summed E-state index contributed by atoms with van der Waals surface area (Å²) in [6, 6.07) is 14.3. The van der Waals surface area contributed by atoms with Crippen molar-refractivity contribution in [3.05, 3.63) is 54.1 Å². The van der Waals surface area contributed by atoms with Crippen LogP contribution in [0.1, 0.15) is 10.4 Å². The van der Waals surface area contributed by atoms with Crippen molar-refractivity contribution < 1.29 is 14.3 Å². The van der Waals surface area contributed by atoms with Crippen molar-refractivity contribution >= 4 is 34.7 Å². The van der Waals surface area contributed by atoms with Gasteiger partial charge < -0.3 is 20.1 Å². The van der Waals surface area contributed by atoms with Crippen LogP contribution in [0, 0.1) is 0 Å². The first-order valence-electron chi connectivity index (χ1n) is 6.53. The number of esters is 1. The predicted octanol–water partition coefficient (Wildman–Crippen LogP) is 3.29. The smallest absolute Gasteiger partial charge is 0.339 e. The first kappa shape index (κ1) is 15.8. The molecular formula is C16H16N2O3S. The normalized spacial score (nSPS) is 9.73. The number of para-hydroxylation sites is 1. The van der Waals surface area contributed by atoms with E-state index in [1.807, 2.05) is 30.3 Å². The molecule has 0 aromatic heterocycles. The number of rotatable bonds is 4. The summed E-state index contributed by atoms with van der Waals surface area (Å²) < 4.78 is 9.84. The van der Waals surface area contributed by atoms with Crippen LogP contribution in [0.3, 0.4) is 0 Å². The van der Waals surface area contributed by atoms with Crippen LogP contribution in [-0.4, -0.2) is 25.3 Å². The summed E-state index contributed by atoms with van der Waals surface area (Å²) in [5.74, 6) is 0.343. The maximum Gasteiger partial charge on any atom is 0.339 e. The molecule has 114 valence electrons. The fourth-order valence-electron chi connectivity index (χ4n) is 1.84. The Kier molecular flexibility index (Phi) is 5.32. The topological polar surface area (TPSA) is 59.6 Å². The molecule has 0 aliphatic rings. The molecule has 0 aliphatic carbocycles. The molecule has 2 rings (SSSR count). The zero-order chi connectivity index (χ0) is 15.9. The molecule has 0 aliphatic heterocycles. The minimum atomic E-state index is -0.421. The summed E-state index contributed by atoms with van der Waals surface area (Å²) in [6.07, 6.45) is 0. The van der Waals surface area contributed by atoms with E-state index in [0.717, 1.165) is 11.4 Å². The Morgan fingerprint density at radius 3 is 2.32 bits per heavy atom. The number of methoxy groups -OCH3 is 2. The highest BCUT2D eigenvalue weighted by Crippen LogP contribution is 2.18. The average molecular weight is 316 g/mol. The van der Waals surface area contributed by atoms with Crippen LogP contribution in [0.4, 0.5) is 11.4 Å². The molecule has 2 aromatic carbocycles. The largest absolute Gasteiger partial charge is 0.497 e. The van der Waals surface area contributed by atoms with Crippen LogP contribution in [0.5, 0.6) is 5.75 Å². The number of nitrogens with one attached hydrogen (secondary N) is 2. The van der Waals surface area contributed by atoms with Gasteiger partial charge in [0.2, 0.25) is 0 Å². The monoisotopic (exact) mass is 316 g/mol. The second-order valence-electron chi connectivity index (χ2n) is 4.34. The van der Waals surface area contributed by atoms with Gasteiger partial charge in [0.15, 0.2) is 5.11 Å². The number of hydrogen-bond acceptors (Lipinski definition) is 4. The standard InChI is InChI=1S/C16H16N2O3S/c1-20-12-9-7-11(8-10-12)17-16(22)18-14-6-4-3-5-13(14)15(19)21-2/h3-10H,1-2H3,(H2,17,18,22). The lowest BCUT2D eigenvalue weighted by atomic mass is 10.2. The van der Waals surface area contributed by atoms with Crippen LogP contribution in [0.2, 0.25) is 0 Å². The van der Waals surface area contributed by atoms with E-state index in [1.165, 1.54) is 7.11 Å². The van der Waals surface area contributed by atoms with Gasteiger partial charge in [-0.25, -0.2) is 4.79 Å². The summed E-state index contributed by atoms with van der Waals surface area (Å²) in [4.78, 5) is 11.7. The highest BCUT2D eigenvalue weighted by atomic mass is 32.1. The number of anilines is 2. The number of carbonyl (C=O) groups is 1. The molecule has 0 amide bonds. The van der Waals surface area contributed by atoms with Crippen molar-refractivity contribution in [2.24, 2.45) is 0 Å². The van der Waals surface area contributed by atoms with E-state index in [4.69, 9.17) is 21.7 Å². The van der Waals surface area contributed by atoms with Crippen molar-refractivity contribution in [2.45, 2.75) is 0 Å². The lowest BCUT2D eigenvalue weighted by Gasteiger charge is -2.13. The van der Waals surface area contributed by atoms with Crippen molar-refractivity contribution in [2.75, 3.05) is 24.9 Å². The summed E-state index contributed by atoms with van der Waals surface area (Å²) >= 11 is 5.26. The summed E-state index contributed by atoms with van der Waals surface area (Å²) in [6.45, 7) is 0. The Labute approximate surface area is 134 Å². The van der Waals surface area contributed by atoms with Crippen molar-refractivity contribution in [1.29, 1.82) is 0 Å². The first-order valence-corrected chi connectivity index (χ1v) is 6.94. The second kappa shape index (κ2) is 7.42. The van der Waals surface area contributed by atoms with Gasteiger partial charge in [0, 0.05) is 5.69 Å².